The maximum Gasteiger partial charge on any atom is 0.156 e. The van der Waals surface area contributed by atoms with Gasteiger partial charge >= 0.3 is 0 Å². The summed E-state index contributed by atoms with van der Waals surface area (Å²) in [4.78, 5) is 0. The van der Waals surface area contributed by atoms with Crippen molar-refractivity contribution >= 4 is 15.9 Å². The number of aromatic nitrogens is 4. The Morgan fingerprint density at radius 3 is 2.58 bits per heavy atom. The lowest BCUT2D eigenvalue weighted by Gasteiger charge is -2.20. The molecule has 0 unspecified atom stereocenters. The zero-order chi connectivity index (χ0) is 14.2. The molecule has 1 N–H and O–H groups in total. The first-order chi connectivity index (χ1) is 8.78. The minimum Gasteiger partial charge on any atom is -0.308 e. The standard InChI is InChI=1S/C13H20BrN5/c1-9-11(7-15-13(2,3)4)12(18(5)17-9)19-8-10(14)6-16-19/h6,8,15H,7H2,1-5H3. The molecule has 0 aliphatic carbocycles. The fourth-order valence-electron chi connectivity index (χ4n) is 1.95. The first kappa shape index (κ1) is 14.3. The number of hydrogen-bond acceptors (Lipinski definition) is 3. The van der Waals surface area contributed by atoms with Gasteiger partial charge in [0.2, 0.25) is 0 Å². The molecule has 6 heteroatoms. The van der Waals surface area contributed by atoms with Crippen LogP contribution in [0.15, 0.2) is 16.9 Å². The van der Waals surface area contributed by atoms with Gasteiger partial charge in [-0.15, -0.1) is 0 Å². The molecule has 0 aliphatic rings. The second kappa shape index (κ2) is 5.09. The molecule has 2 aromatic rings. The van der Waals surface area contributed by atoms with Gasteiger partial charge in [-0.3, -0.25) is 4.68 Å². The monoisotopic (exact) mass is 325 g/mol. The van der Waals surface area contributed by atoms with Gasteiger partial charge in [-0.2, -0.15) is 10.2 Å². The van der Waals surface area contributed by atoms with E-state index >= 15 is 0 Å². The Hall–Kier alpha value is -1.14. The van der Waals surface area contributed by atoms with Gasteiger partial charge in [0.05, 0.1) is 16.4 Å². The third kappa shape index (κ3) is 3.25. The molecule has 5 nitrogen and oxygen atoms in total. The minimum absolute atomic E-state index is 0.0737. The van der Waals surface area contributed by atoms with E-state index in [0.29, 0.717) is 0 Å². The second-order valence-electron chi connectivity index (χ2n) is 5.72. The first-order valence-electron chi connectivity index (χ1n) is 6.26. The van der Waals surface area contributed by atoms with Gasteiger partial charge in [0.1, 0.15) is 0 Å². The molecule has 0 saturated heterocycles. The smallest absolute Gasteiger partial charge is 0.156 e. The Bertz CT molecular complexity index is 576. The van der Waals surface area contributed by atoms with Crippen LogP contribution < -0.4 is 5.32 Å². The van der Waals surface area contributed by atoms with Crippen LogP contribution in [0, 0.1) is 6.92 Å². The quantitative estimate of drug-likeness (QED) is 0.943. The molecule has 0 fully saturated rings. The van der Waals surface area contributed by atoms with Crippen LogP contribution in [-0.2, 0) is 13.6 Å². The van der Waals surface area contributed by atoms with Crippen molar-refractivity contribution in [3.63, 3.8) is 0 Å². The molecular formula is C13H20BrN5. The topological polar surface area (TPSA) is 47.7 Å². The Labute approximate surface area is 122 Å². The van der Waals surface area contributed by atoms with Crippen molar-refractivity contribution in [3.05, 3.63) is 28.1 Å². The molecule has 0 radical (unpaired) electrons. The lowest BCUT2D eigenvalue weighted by Crippen LogP contribution is -2.35. The number of hydrogen-bond donors (Lipinski definition) is 1. The highest BCUT2D eigenvalue weighted by molar-refractivity contribution is 9.10. The normalized spacial score (nSPS) is 12.1. The molecule has 104 valence electrons. The van der Waals surface area contributed by atoms with Crippen molar-refractivity contribution in [2.45, 2.75) is 39.8 Å². The van der Waals surface area contributed by atoms with Gasteiger partial charge in [-0.25, -0.2) is 4.68 Å². The average molecular weight is 326 g/mol. The molecule has 2 aromatic heterocycles. The Balaban J connectivity index is 2.38. The van der Waals surface area contributed by atoms with Crippen molar-refractivity contribution in [2.75, 3.05) is 0 Å². The predicted octanol–water partition coefficient (Wildman–Crippen LogP) is 2.56. The summed E-state index contributed by atoms with van der Waals surface area (Å²) in [6.45, 7) is 9.27. The summed E-state index contributed by atoms with van der Waals surface area (Å²) >= 11 is 3.43. The van der Waals surface area contributed by atoms with Crippen molar-refractivity contribution < 1.29 is 0 Å². The molecule has 0 atom stereocenters. The lowest BCUT2D eigenvalue weighted by molar-refractivity contribution is 0.423. The maximum absolute atomic E-state index is 4.50. The van der Waals surface area contributed by atoms with E-state index in [0.717, 1.165) is 22.5 Å². The molecular weight excluding hydrogens is 306 g/mol. The summed E-state index contributed by atoms with van der Waals surface area (Å²) < 4.78 is 4.68. The molecule has 2 rings (SSSR count). The highest BCUT2D eigenvalue weighted by Gasteiger charge is 2.18. The number of nitrogens with one attached hydrogen (secondary N) is 1. The SMILES string of the molecule is Cc1nn(C)c(-n2cc(Br)cn2)c1CNC(C)(C)C. The predicted molar refractivity (Wildman–Crippen MR) is 79.4 cm³/mol. The summed E-state index contributed by atoms with van der Waals surface area (Å²) in [6, 6.07) is 0. The number of aryl methyl sites for hydroxylation is 2. The van der Waals surface area contributed by atoms with Crippen molar-refractivity contribution in [1.82, 2.24) is 24.9 Å². The van der Waals surface area contributed by atoms with Gasteiger partial charge in [0, 0.05) is 30.9 Å². The summed E-state index contributed by atoms with van der Waals surface area (Å²) in [5.74, 6) is 1.000. The fourth-order valence-corrected chi connectivity index (χ4v) is 2.24. The van der Waals surface area contributed by atoms with E-state index in [1.165, 1.54) is 5.56 Å². The molecule has 0 spiro atoms. The molecule has 0 aliphatic heterocycles. The lowest BCUT2D eigenvalue weighted by atomic mass is 10.1. The molecule has 19 heavy (non-hydrogen) atoms. The van der Waals surface area contributed by atoms with E-state index in [1.54, 1.807) is 6.20 Å². The third-order valence-electron chi connectivity index (χ3n) is 2.88. The van der Waals surface area contributed by atoms with Crippen LogP contribution in [0.1, 0.15) is 32.0 Å². The van der Waals surface area contributed by atoms with E-state index < -0.39 is 0 Å². The highest BCUT2D eigenvalue weighted by atomic mass is 79.9. The van der Waals surface area contributed by atoms with Crippen LogP contribution in [-0.4, -0.2) is 25.1 Å². The van der Waals surface area contributed by atoms with Gasteiger partial charge in [-0.05, 0) is 43.6 Å². The van der Waals surface area contributed by atoms with E-state index in [2.05, 4.69) is 52.2 Å². The number of rotatable bonds is 3. The van der Waals surface area contributed by atoms with Crippen LogP contribution in [0.4, 0.5) is 0 Å². The maximum atomic E-state index is 4.50. The molecule has 0 bridgehead atoms. The number of nitrogens with zero attached hydrogens (tertiary/aromatic N) is 4. The summed E-state index contributed by atoms with van der Waals surface area (Å²) in [7, 11) is 1.94. The summed E-state index contributed by atoms with van der Waals surface area (Å²) in [5.41, 5.74) is 2.28. The fraction of sp³-hybridized carbons (Fsp3) is 0.538. The Morgan fingerprint density at radius 2 is 2.05 bits per heavy atom. The Morgan fingerprint density at radius 1 is 1.37 bits per heavy atom. The average Bonchev–Trinajstić information content (AvgIpc) is 2.78. The van der Waals surface area contributed by atoms with Crippen LogP contribution in [0.5, 0.6) is 0 Å². The van der Waals surface area contributed by atoms with Crippen LogP contribution in [0.3, 0.4) is 0 Å². The minimum atomic E-state index is 0.0737. The third-order valence-corrected chi connectivity index (χ3v) is 3.29. The summed E-state index contributed by atoms with van der Waals surface area (Å²) in [6.07, 6.45) is 3.72. The van der Waals surface area contributed by atoms with E-state index in [4.69, 9.17) is 0 Å². The van der Waals surface area contributed by atoms with Crippen LogP contribution >= 0.6 is 15.9 Å². The largest absolute Gasteiger partial charge is 0.308 e. The van der Waals surface area contributed by atoms with Crippen molar-refractivity contribution in [3.8, 4) is 5.82 Å². The zero-order valence-corrected chi connectivity index (χ0v) is 13.6. The molecule has 2 heterocycles. The molecule has 0 saturated carbocycles. The first-order valence-corrected chi connectivity index (χ1v) is 7.05. The molecule has 0 amide bonds. The Kier molecular flexibility index (Phi) is 3.82. The van der Waals surface area contributed by atoms with Crippen molar-refractivity contribution in [2.24, 2.45) is 7.05 Å². The van der Waals surface area contributed by atoms with Crippen LogP contribution in [0.25, 0.3) is 5.82 Å². The van der Waals surface area contributed by atoms with Crippen molar-refractivity contribution in [1.29, 1.82) is 0 Å². The zero-order valence-electron chi connectivity index (χ0n) is 12.0. The van der Waals surface area contributed by atoms with E-state index in [9.17, 15) is 0 Å². The van der Waals surface area contributed by atoms with Gasteiger partial charge in [0.15, 0.2) is 5.82 Å². The van der Waals surface area contributed by atoms with Gasteiger partial charge in [0.25, 0.3) is 0 Å². The number of halogens is 1. The summed E-state index contributed by atoms with van der Waals surface area (Å²) in [5, 5.41) is 12.3. The van der Waals surface area contributed by atoms with Gasteiger partial charge in [-0.1, -0.05) is 0 Å². The van der Waals surface area contributed by atoms with E-state index in [1.807, 2.05) is 29.5 Å². The van der Waals surface area contributed by atoms with Crippen LogP contribution in [0.2, 0.25) is 0 Å². The second-order valence-corrected chi connectivity index (χ2v) is 6.63. The van der Waals surface area contributed by atoms with Gasteiger partial charge < -0.3 is 5.32 Å². The molecule has 0 aromatic carbocycles. The highest BCUT2D eigenvalue weighted by Crippen LogP contribution is 2.20. The van der Waals surface area contributed by atoms with E-state index in [-0.39, 0.29) is 5.54 Å².